The van der Waals surface area contributed by atoms with Crippen LogP contribution in [0.2, 0.25) is 5.02 Å². The largest absolute Gasteiger partial charge is 0.240 e. The fraction of sp³-hybridized carbons (Fsp3) is 0. The molecule has 5 aromatic rings. The molecule has 0 saturated heterocycles. The summed E-state index contributed by atoms with van der Waals surface area (Å²) in [6.45, 7) is 0. The number of hydrogen-bond donors (Lipinski definition) is 0. The Morgan fingerprint density at radius 2 is 1.69 bits per heavy atom. The van der Waals surface area contributed by atoms with E-state index in [0.717, 1.165) is 26.8 Å². The van der Waals surface area contributed by atoms with Gasteiger partial charge in [0.25, 0.3) is 0 Å². The number of aromatic nitrogens is 6. The quantitative estimate of drug-likeness (QED) is 0.468. The van der Waals surface area contributed by atoms with Crippen molar-refractivity contribution in [3.8, 4) is 27.6 Å². The minimum absolute atomic E-state index is 0.682. The molecule has 0 aliphatic carbocycles. The second kappa shape index (κ2) is 6.05. The zero-order valence-corrected chi connectivity index (χ0v) is 14.9. The van der Waals surface area contributed by atoms with Crippen molar-refractivity contribution in [2.45, 2.75) is 0 Å². The van der Waals surface area contributed by atoms with Crippen LogP contribution in [0.1, 0.15) is 0 Å². The minimum atomic E-state index is 0.682. The predicted molar refractivity (Wildman–Crippen MR) is 102 cm³/mol. The Balaban J connectivity index is 1.55. The Hall–Kier alpha value is -3.03. The number of rotatable bonds is 3. The topological polar surface area (TPSA) is 60.9 Å². The predicted octanol–water partition coefficient (Wildman–Crippen LogP) is 4.36. The Morgan fingerprint density at radius 1 is 0.885 bits per heavy atom. The van der Waals surface area contributed by atoms with Gasteiger partial charge in [0.05, 0.1) is 17.4 Å². The molecule has 0 bridgehead atoms. The van der Waals surface area contributed by atoms with E-state index in [0.29, 0.717) is 10.8 Å². The molecule has 0 unspecified atom stereocenters. The number of fused-ring (bicyclic) bond motifs is 1. The summed E-state index contributed by atoms with van der Waals surface area (Å²) in [5.74, 6) is 0.689. The first-order chi connectivity index (χ1) is 12.8. The third-order valence-electron chi connectivity index (χ3n) is 3.94. The van der Waals surface area contributed by atoms with Crippen molar-refractivity contribution in [3.05, 3.63) is 72.0 Å². The Morgan fingerprint density at radius 3 is 2.50 bits per heavy atom. The molecule has 0 N–H and O–H groups in total. The summed E-state index contributed by atoms with van der Waals surface area (Å²) in [5.41, 5.74) is 2.86. The van der Waals surface area contributed by atoms with Gasteiger partial charge in [-0.25, -0.2) is 4.68 Å². The maximum atomic E-state index is 5.96. The molecule has 0 amide bonds. The SMILES string of the molecule is Clc1ccc(-c2nnc3sc(-c4cnn(-c5ccccc5)c4)nn23)cc1. The maximum absolute atomic E-state index is 5.96. The first-order valence-electron chi connectivity index (χ1n) is 7.86. The summed E-state index contributed by atoms with van der Waals surface area (Å²) in [5, 5.41) is 19.1. The molecule has 0 spiro atoms. The molecule has 126 valence electrons. The summed E-state index contributed by atoms with van der Waals surface area (Å²) in [6.07, 6.45) is 3.77. The van der Waals surface area contributed by atoms with Crippen molar-refractivity contribution in [2.75, 3.05) is 0 Å². The minimum Gasteiger partial charge on any atom is -0.240 e. The highest BCUT2D eigenvalue weighted by Gasteiger charge is 2.15. The highest BCUT2D eigenvalue weighted by molar-refractivity contribution is 7.19. The van der Waals surface area contributed by atoms with Gasteiger partial charge in [0.2, 0.25) is 4.96 Å². The van der Waals surface area contributed by atoms with Crippen LogP contribution >= 0.6 is 22.9 Å². The third kappa shape index (κ3) is 2.58. The number of para-hydroxylation sites is 1. The van der Waals surface area contributed by atoms with Crippen molar-refractivity contribution in [1.29, 1.82) is 0 Å². The molecule has 3 heterocycles. The van der Waals surface area contributed by atoms with Gasteiger partial charge in [0.15, 0.2) is 10.8 Å². The lowest BCUT2D eigenvalue weighted by molar-refractivity contribution is 0.880. The third-order valence-corrected chi connectivity index (χ3v) is 5.14. The number of nitrogens with zero attached hydrogens (tertiary/aromatic N) is 6. The molecular weight excluding hydrogens is 368 g/mol. The van der Waals surface area contributed by atoms with Gasteiger partial charge in [0.1, 0.15) is 0 Å². The molecule has 26 heavy (non-hydrogen) atoms. The fourth-order valence-electron chi connectivity index (χ4n) is 2.67. The lowest BCUT2D eigenvalue weighted by atomic mass is 10.2. The number of hydrogen-bond acceptors (Lipinski definition) is 5. The van der Waals surface area contributed by atoms with Crippen LogP contribution in [-0.4, -0.2) is 29.6 Å². The van der Waals surface area contributed by atoms with Crippen LogP contribution in [0.3, 0.4) is 0 Å². The monoisotopic (exact) mass is 378 g/mol. The summed E-state index contributed by atoms with van der Waals surface area (Å²) in [4.78, 5) is 0.734. The standard InChI is InChI=1S/C18H11ClN6S/c19-14-8-6-12(7-9-14)16-21-22-18-25(16)23-17(26-18)13-10-20-24(11-13)15-4-2-1-3-5-15/h1-11H. The van der Waals surface area contributed by atoms with Crippen LogP contribution in [-0.2, 0) is 0 Å². The first kappa shape index (κ1) is 15.2. The fourth-order valence-corrected chi connectivity index (χ4v) is 3.61. The van der Waals surface area contributed by atoms with Crippen LogP contribution in [0.5, 0.6) is 0 Å². The van der Waals surface area contributed by atoms with Gasteiger partial charge in [-0.3, -0.25) is 0 Å². The molecule has 5 rings (SSSR count). The Labute approximate surface area is 157 Å². The molecule has 8 heteroatoms. The molecule has 0 aliphatic rings. The zero-order chi connectivity index (χ0) is 17.5. The van der Waals surface area contributed by atoms with E-state index in [2.05, 4.69) is 20.4 Å². The average molecular weight is 379 g/mol. The van der Waals surface area contributed by atoms with E-state index in [1.165, 1.54) is 11.3 Å². The van der Waals surface area contributed by atoms with E-state index in [1.54, 1.807) is 10.7 Å². The van der Waals surface area contributed by atoms with Crippen LogP contribution in [0.4, 0.5) is 0 Å². The van der Waals surface area contributed by atoms with Crippen molar-refractivity contribution < 1.29 is 0 Å². The van der Waals surface area contributed by atoms with Crippen molar-refractivity contribution in [3.63, 3.8) is 0 Å². The van der Waals surface area contributed by atoms with Crippen molar-refractivity contribution in [1.82, 2.24) is 29.6 Å². The smallest absolute Gasteiger partial charge is 0.235 e. The molecule has 2 aromatic carbocycles. The summed E-state index contributed by atoms with van der Waals surface area (Å²) < 4.78 is 3.58. The van der Waals surface area contributed by atoms with Crippen LogP contribution in [0, 0.1) is 0 Å². The molecule has 0 radical (unpaired) electrons. The second-order valence-corrected chi connectivity index (χ2v) is 7.03. The van der Waals surface area contributed by atoms with Gasteiger partial charge >= 0.3 is 0 Å². The summed E-state index contributed by atoms with van der Waals surface area (Å²) in [7, 11) is 0. The van der Waals surface area contributed by atoms with Crippen LogP contribution in [0.15, 0.2) is 67.0 Å². The molecule has 3 aromatic heterocycles. The Bertz CT molecular complexity index is 1190. The highest BCUT2D eigenvalue weighted by Crippen LogP contribution is 2.28. The molecule has 6 nitrogen and oxygen atoms in total. The van der Waals surface area contributed by atoms with E-state index in [4.69, 9.17) is 11.6 Å². The van der Waals surface area contributed by atoms with Gasteiger partial charge in [-0.1, -0.05) is 41.1 Å². The Kier molecular flexibility index (Phi) is 3.55. The van der Waals surface area contributed by atoms with Gasteiger partial charge in [-0.2, -0.15) is 14.7 Å². The van der Waals surface area contributed by atoms with Gasteiger partial charge in [-0.15, -0.1) is 10.2 Å². The molecule has 0 fully saturated rings. The molecular formula is C18H11ClN6S. The van der Waals surface area contributed by atoms with Crippen molar-refractivity contribution >= 4 is 27.9 Å². The molecule has 0 aliphatic heterocycles. The lowest BCUT2D eigenvalue weighted by Gasteiger charge is -1.98. The average Bonchev–Trinajstić information content (AvgIpc) is 3.38. The van der Waals surface area contributed by atoms with E-state index < -0.39 is 0 Å². The maximum Gasteiger partial charge on any atom is 0.235 e. The highest BCUT2D eigenvalue weighted by atomic mass is 35.5. The molecule has 0 atom stereocenters. The zero-order valence-electron chi connectivity index (χ0n) is 13.3. The van der Waals surface area contributed by atoms with Crippen molar-refractivity contribution in [2.24, 2.45) is 0 Å². The lowest BCUT2D eigenvalue weighted by Crippen LogP contribution is -1.92. The second-order valence-electron chi connectivity index (χ2n) is 5.64. The number of halogens is 1. The van der Waals surface area contributed by atoms with E-state index in [-0.39, 0.29) is 0 Å². The normalized spacial score (nSPS) is 11.3. The summed E-state index contributed by atoms with van der Waals surface area (Å²) >= 11 is 7.44. The van der Waals surface area contributed by atoms with Crippen LogP contribution in [0.25, 0.3) is 32.6 Å². The van der Waals surface area contributed by atoms with E-state index >= 15 is 0 Å². The van der Waals surface area contributed by atoms with E-state index in [9.17, 15) is 0 Å². The number of benzene rings is 2. The first-order valence-corrected chi connectivity index (χ1v) is 9.06. The van der Waals surface area contributed by atoms with Gasteiger partial charge in [0, 0.05) is 16.8 Å². The van der Waals surface area contributed by atoms with Gasteiger partial charge < -0.3 is 0 Å². The summed E-state index contributed by atoms with van der Waals surface area (Å²) in [6, 6.07) is 17.4. The molecule has 0 saturated carbocycles. The van der Waals surface area contributed by atoms with E-state index in [1.807, 2.05) is 65.5 Å². The van der Waals surface area contributed by atoms with Gasteiger partial charge in [-0.05, 0) is 36.4 Å². The van der Waals surface area contributed by atoms with Crippen LogP contribution < -0.4 is 0 Å².